The van der Waals surface area contributed by atoms with Gasteiger partial charge in [0, 0.05) is 60.3 Å². The number of carbonyl (C=O) groups excluding carboxylic acids is 1. The molecule has 5 N–H and O–H groups in total. The molecule has 1 fully saturated rings. The van der Waals surface area contributed by atoms with Gasteiger partial charge >= 0.3 is 23.9 Å². The van der Waals surface area contributed by atoms with E-state index in [-0.39, 0.29) is 5.91 Å². The van der Waals surface area contributed by atoms with Crippen molar-refractivity contribution in [3.8, 4) is 0 Å². The number of aliphatic carboxylic acids is 4. The summed E-state index contributed by atoms with van der Waals surface area (Å²) in [6, 6.07) is 16.2. The maximum atomic E-state index is 13.0. The third-order valence-electron chi connectivity index (χ3n) is 5.40. The van der Waals surface area contributed by atoms with E-state index < -0.39 is 23.9 Å². The van der Waals surface area contributed by atoms with Crippen LogP contribution in [0.4, 0.5) is 11.4 Å². The minimum Gasteiger partial charge on any atom is -0.478 e. The number of fused-ring (bicyclic) bond motifs is 2. The predicted molar refractivity (Wildman–Crippen MR) is 153 cm³/mol. The van der Waals surface area contributed by atoms with E-state index >= 15 is 0 Å². The number of nitrogens with zero attached hydrogens (tertiary/aromatic N) is 2. The molecule has 0 unspecified atom stereocenters. The zero-order valence-corrected chi connectivity index (χ0v) is 23.2. The van der Waals surface area contributed by atoms with Gasteiger partial charge in [0.25, 0.3) is 0 Å². The van der Waals surface area contributed by atoms with E-state index in [1.165, 1.54) is 0 Å². The van der Waals surface area contributed by atoms with Crippen LogP contribution in [0.2, 0.25) is 0 Å². The number of carbonyl (C=O) groups is 5. The number of carboxylic acid groups (broad SMARTS) is 4. The Hall–Kier alpha value is -4.50. The normalized spacial score (nSPS) is 14.0. The number of benzene rings is 2. The minimum atomic E-state index is -1.26. The average Bonchev–Trinajstić information content (AvgIpc) is 2.97. The van der Waals surface area contributed by atoms with Crippen LogP contribution >= 0.6 is 11.8 Å². The van der Waals surface area contributed by atoms with E-state index in [4.69, 9.17) is 25.2 Å². The van der Waals surface area contributed by atoms with Gasteiger partial charge in [0.1, 0.15) is 0 Å². The standard InChI is InChI=1S/C20H23N3O2S.2C4H4O4/c24-20(15-21-9-10-22-11-13-25-14-12-22)23-16-5-1-3-7-18(16)26-19-8-4-2-6-17(19)23;2*5-3(6)1-2-4(7)8/h1-8,21H,9-15H2;2*1-2H,(H,5,6)(H,7,8). The van der Waals surface area contributed by atoms with E-state index in [9.17, 15) is 24.0 Å². The van der Waals surface area contributed by atoms with Gasteiger partial charge < -0.3 is 30.5 Å². The van der Waals surface area contributed by atoms with Gasteiger partial charge in [-0.3, -0.25) is 14.6 Å². The Morgan fingerprint density at radius 2 is 1.17 bits per heavy atom. The Morgan fingerprint density at radius 3 is 1.60 bits per heavy atom. The number of anilines is 2. The third-order valence-corrected chi connectivity index (χ3v) is 6.53. The Morgan fingerprint density at radius 1 is 0.738 bits per heavy atom. The number of morpholine rings is 1. The molecule has 14 heteroatoms. The number of amides is 1. The Kier molecular flexibility index (Phi) is 14.5. The van der Waals surface area contributed by atoms with Gasteiger partial charge in [0.2, 0.25) is 5.91 Å². The maximum Gasteiger partial charge on any atom is 0.328 e. The van der Waals surface area contributed by atoms with Gasteiger partial charge in [-0.15, -0.1) is 0 Å². The number of hydrogen-bond acceptors (Lipinski definition) is 9. The van der Waals surface area contributed by atoms with Crippen molar-refractivity contribution >= 4 is 52.9 Å². The molecule has 4 rings (SSSR count). The van der Waals surface area contributed by atoms with Crippen molar-refractivity contribution in [1.82, 2.24) is 10.2 Å². The van der Waals surface area contributed by atoms with Crippen LogP contribution in [-0.2, 0) is 28.7 Å². The molecule has 1 saturated heterocycles. The molecule has 1 amide bonds. The molecule has 224 valence electrons. The van der Waals surface area contributed by atoms with Crippen LogP contribution in [0.3, 0.4) is 0 Å². The van der Waals surface area contributed by atoms with Crippen molar-refractivity contribution in [3.05, 3.63) is 72.8 Å². The van der Waals surface area contributed by atoms with E-state index in [2.05, 4.69) is 22.3 Å². The molecule has 2 aromatic rings. The summed E-state index contributed by atoms with van der Waals surface area (Å²) >= 11 is 1.72. The second-order valence-corrected chi connectivity index (χ2v) is 9.50. The molecule has 0 saturated carbocycles. The van der Waals surface area contributed by atoms with E-state index in [1.807, 2.05) is 41.3 Å². The van der Waals surface area contributed by atoms with Crippen LogP contribution in [-0.4, -0.2) is 101 Å². The van der Waals surface area contributed by atoms with Crippen LogP contribution in [0.1, 0.15) is 0 Å². The lowest BCUT2D eigenvalue weighted by Crippen LogP contribution is -2.42. The molecule has 0 spiro atoms. The van der Waals surface area contributed by atoms with Crippen LogP contribution in [0.15, 0.2) is 82.6 Å². The van der Waals surface area contributed by atoms with Gasteiger partial charge in [0.05, 0.1) is 31.1 Å². The average molecular weight is 602 g/mol. The number of carboxylic acids is 4. The van der Waals surface area contributed by atoms with Crippen molar-refractivity contribution in [2.24, 2.45) is 0 Å². The summed E-state index contributed by atoms with van der Waals surface area (Å²) < 4.78 is 5.37. The molecule has 2 aliphatic rings. The number of ether oxygens (including phenoxy) is 1. The highest BCUT2D eigenvalue weighted by molar-refractivity contribution is 7.99. The second kappa shape index (κ2) is 18.0. The number of hydrogen-bond donors (Lipinski definition) is 5. The van der Waals surface area contributed by atoms with Crippen molar-refractivity contribution < 1.29 is 49.1 Å². The van der Waals surface area contributed by atoms with E-state index in [0.717, 1.165) is 60.6 Å². The van der Waals surface area contributed by atoms with Crippen LogP contribution < -0.4 is 10.2 Å². The van der Waals surface area contributed by atoms with Gasteiger partial charge in [0.15, 0.2) is 0 Å². The van der Waals surface area contributed by atoms with Crippen LogP contribution in [0, 0.1) is 0 Å². The van der Waals surface area contributed by atoms with E-state index in [1.54, 1.807) is 11.8 Å². The minimum absolute atomic E-state index is 0.0761. The summed E-state index contributed by atoms with van der Waals surface area (Å²) in [6.07, 6.45) is 2.23. The summed E-state index contributed by atoms with van der Waals surface area (Å²) in [5.74, 6) is -4.95. The third kappa shape index (κ3) is 12.3. The van der Waals surface area contributed by atoms with Crippen LogP contribution in [0.5, 0.6) is 0 Å². The van der Waals surface area contributed by atoms with E-state index in [0.29, 0.717) is 30.8 Å². The Labute approximate surface area is 245 Å². The molecule has 2 heterocycles. The zero-order chi connectivity index (χ0) is 30.9. The molecule has 0 radical (unpaired) electrons. The Balaban J connectivity index is 0.000000319. The first kappa shape index (κ1) is 33.7. The summed E-state index contributed by atoms with van der Waals surface area (Å²) in [5.41, 5.74) is 1.94. The first-order chi connectivity index (χ1) is 20.1. The molecule has 42 heavy (non-hydrogen) atoms. The monoisotopic (exact) mass is 601 g/mol. The topological polar surface area (TPSA) is 194 Å². The fraction of sp³-hybridized carbons (Fsp3) is 0.250. The van der Waals surface area contributed by atoms with Gasteiger partial charge in [-0.05, 0) is 24.3 Å². The highest BCUT2D eigenvalue weighted by atomic mass is 32.2. The summed E-state index contributed by atoms with van der Waals surface area (Å²) in [5, 5.41) is 34.6. The first-order valence-electron chi connectivity index (χ1n) is 12.6. The first-order valence-corrected chi connectivity index (χ1v) is 13.4. The summed E-state index contributed by atoms with van der Waals surface area (Å²) in [6.45, 7) is 5.63. The Bertz CT molecular complexity index is 1200. The summed E-state index contributed by atoms with van der Waals surface area (Å²) in [4.78, 5) is 57.7. The number of nitrogens with one attached hydrogen (secondary N) is 1. The lowest BCUT2D eigenvalue weighted by molar-refractivity contribution is -0.134. The second-order valence-electron chi connectivity index (χ2n) is 8.42. The fourth-order valence-corrected chi connectivity index (χ4v) is 4.65. The van der Waals surface area contributed by atoms with Crippen molar-refractivity contribution in [2.45, 2.75) is 9.79 Å². The van der Waals surface area contributed by atoms with Gasteiger partial charge in [-0.25, -0.2) is 19.2 Å². The van der Waals surface area contributed by atoms with Crippen molar-refractivity contribution in [1.29, 1.82) is 0 Å². The number of para-hydroxylation sites is 2. The highest BCUT2D eigenvalue weighted by Crippen LogP contribution is 2.47. The van der Waals surface area contributed by atoms with Crippen molar-refractivity contribution in [3.63, 3.8) is 0 Å². The molecule has 2 aromatic carbocycles. The fourth-order valence-electron chi connectivity index (χ4n) is 3.59. The molecule has 0 aromatic heterocycles. The lowest BCUT2D eigenvalue weighted by atomic mass is 10.2. The molecule has 13 nitrogen and oxygen atoms in total. The van der Waals surface area contributed by atoms with Gasteiger partial charge in [-0.1, -0.05) is 36.0 Å². The molecule has 0 bridgehead atoms. The molecule has 0 aliphatic carbocycles. The molecular formula is C28H31N3O10S. The highest BCUT2D eigenvalue weighted by Gasteiger charge is 2.27. The zero-order valence-electron chi connectivity index (χ0n) is 22.4. The summed E-state index contributed by atoms with van der Waals surface area (Å²) in [7, 11) is 0. The number of rotatable bonds is 9. The van der Waals surface area contributed by atoms with Crippen LogP contribution in [0.25, 0.3) is 0 Å². The smallest absolute Gasteiger partial charge is 0.328 e. The van der Waals surface area contributed by atoms with Crippen molar-refractivity contribution in [2.75, 3.05) is 50.8 Å². The maximum absolute atomic E-state index is 13.0. The molecular weight excluding hydrogens is 570 g/mol. The predicted octanol–water partition coefficient (Wildman–Crippen LogP) is 2.16. The SMILES string of the molecule is O=C(CNCCN1CCOCC1)N1c2ccccc2Sc2ccccc21.O=C(O)C=CC(=O)O.O=C(O)C=CC(=O)O. The van der Waals surface area contributed by atoms with Gasteiger partial charge in [-0.2, -0.15) is 0 Å². The molecule has 2 aliphatic heterocycles. The lowest BCUT2D eigenvalue weighted by Gasteiger charge is -2.31. The molecule has 0 atom stereocenters. The largest absolute Gasteiger partial charge is 0.478 e. The quantitative estimate of drug-likeness (QED) is 0.207.